The Balaban J connectivity index is 1.51. The van der Waals surface area contributed by atoms with E-state index in [1.54, 1.807) is 17.5 Å². The van der Waals surface area contributed by atoms with Gasteiger partial charge < -0.3 is 15.4 Å². The standard InChI is InChI=1S/C24H28N4O2S2/c1-2-30-23(29)21-19-11-5-3-4-6-12-20(19)32-22(21)27-24(31)26-18-10-7-9-17(15-18)16-28-14-8-13-25-28/h7-10,13-15H,2-6,11-12,16H2,1H3,(H2,26,27,31). The summed E-state index contributed by atoms with van der Waals surface area (Å²) in [5.74, 6) is -0.267. The number of fused-ring (bicyclic) bond motifs is 1. The van der Waals surface area contributed by atoms with Gasteiger partial charge in [-0.15, -0.1) is 11.3 Å². The zero-order chi connectivity index (χ0) is 22.3. The average Bonchev–Trinajstić information content (AvgIpc) is 3.36. The van der Waals surface area contributed by atoms with Crippen LogP contribution in [0.25, 0.3) is 0 Å². The first-order chi connectivity index (χ1) is 15.6. The van der Waals surface area contributed by atoms with E-state index in [1.807, 2.05) is 36.0 Å². The number of thiocarbonyl (C=S) groups is 1. The van der Waals surface area contributed by atoms with Crippen molar-refractivity contribution in [1.82, 2.24) is 9.78 Å². The van der Waals surface area contributed by atoms with E-state index in [2.05, 4.69) is 27.9 Å². The lowest BCUT2D eigenvalue weighted by atomic mass is 9.96. The van der Waals surface area contributed by atoms with Crippen LogP contribution in [0.5, 0.6) is 0 Å². The Morgan fingerprint density at radius 3 is 2.81 bits per heavy atom. The van der Waals surface area contributed by atoms with E-state index in [1.165, 1.54) is 17.7 Å². The fourth-order valence-electron chi connectivity index (χ4n) is 4.02. The summed E-state index contributed by atoms with van der Waals surface area (Å²) < 4.78 is 7.26. The molecule has 0 radical (unpaired) electrons. The van der Waals surface area contributed by atoms with Crippen LogP contribution in [-0.2, 0) is 24.1 Å². The van der Waals surface area contributed by atoms with Crippen LogP contribution in [0, 0.1) is 0 Å². The van der Waals surface area contributed by atoms with Gasteiger partial charge in [0.15, 0.2) is 5.11 Å². The SMILES string of the molecule is CCOC(=O)c1c(NC(=S)Nc2cccc(Cn3cccn3)c2)sc2c1CCCCCC2. The predicted octanol–water partition coefficient (Wildman–Crippen LogP) is 5.64. The number of rotatable bonds is 6. The molecule has 2 N–H and O–H groups in total. The molecule has 32 heavy (non-hydrogen) atoms. The third kappa shape index (κ3) is 5.55. The van der Waals surface area contributed by atoms with Crippen molar-refractivity contribution in [2.45, 2.75) is 52.0 Å². The van der Waals surface area contributed by atoms with Crippen LogP contribution < -0.4 is 10.6 Å². The Kier molecular flexibility index (Phi) is 7.55. The Labute approximate surface area is 198 Å². The van der Waals surface area contributed by atoms with Gasteiger partial charge in [0.05, 0.1) is 18.7 Å². The molecular weight excluding hydrogens is 440 g/mol. The number of hydrogen-bond acceptors (Lipinski definition) is 5. The number of aryl methyl sites for hydroxylation is 1. The van der Waals surface area contributed by atoms with Gasteiger partial charge in [-0.3, -0.25) is 4.68 Å². The number of benzene rings is 1. The van der Waals surface area contributed by atoms with Gasteiger partial charge in [-0.2, -0.15) is 5.10 Å². The maximum absolute atomic E-state index is 12.8. The molecule has 0 saturated heterocycles. The summed E-state index contributed by atoms with van der Waals surface area (Å²) in [5.41, 5.74) is 3.80. The van der Waals surface area contributed by atoms with Gasteiger partial charge in [-0.25, -0.2) is 4.79 Å². The van der Waals surface area contributed by atoms with Crippen molar-refractivity contribution < 1.29 is 9.53 Å². The molecule has 0 bridgehead atoms. The number of esters is 1. The average molecular weight is 469 g/mol. The molecular formula is C24H28N4O2S2. The van der Waals surface area contributed by atoms with Crippen molar-refractivity contribution in [2.24, 2.45) is 0 Å². The molecule has 1 aromatic carbocycles. The quantitative estimate of drug-likeness (QED) is 0.361. The highest BCUT2D eigenvalue weighted by Gasteiger charge is 2.25. The smallest absolute Gasteiger partial charge is 0.341 e. The molecule has 6 nitrogen and oxygen atoms in total. The first-order valence-corrected chi connectivity index (χ1v) is 12.3. The zero-order valence-electron chi connectivity index (χ0n) is 18.2. The minimum atomic E-state index is -0.267. The Hall–Kier alpha value is -2.71. The molecule has 0 atom stereocenters. The lowest BCUT2D eigenvalue weighted by Crippen LogP contribution is -2.20. The number of anilines is 2. The lowest BCUT2D eigenvalue weighted by molar-refractivity contribution is 0.0526. The topological polar surface area (TPSA) is 68.2 Å². The third-order valence-corrected chi connectivity index (χ3v) is 6.88. The van der Waals surface area contributed by atoms with Gasteiger partial charge in [0, 0.05) is 23.0 Å². The van der Waals surface area contributed by atoms with Crippen LogP contribution in [0.3, 0.4) is 0 Å². The number of hydrogen-bond donors (Lipinski definition) is 2. The number of carbonyl (C=O) groups excluding carboxylic acids is 1. The number of ether oxygens (including phenoxy) is 1. The van der Waals surface area contributed by atoms with E-state index in [9.17, 15) is 4.79 Å². The molecule has 0 aliphatic heterocycles. The molecule has 0 saturated carbocycles. The molecule has 2 aromatic heterocycles. The molecule has 1 aliphatic rings. The zero-order valence-corrected chi connectivity index (χ0v) is 19.9. The van der Waals surface area contributed by atoms with E-state index < -0.39 is 0 Å². The second-order valence-corrected chi connectivity index (χ2v) is 9.34. The normalized spacial score (nSPS) is 13.5. The number of nitrogens with one attached hydrogen (secondary N) is 2. The van der Waals surface area contributed by atoms with Crippen molar-refractivity contribution in [1.29, 1.82) is 0 Å². The second kappa shape index (κ2) is 10.7. The predicted molar refractivity (Wildman–Crippen MR) is 134 cm³/mol. The van der Waals surface area contributed by atoms with E-state index in [-0.39, 0.29) is 5.97 Å². The minimum Gasteiger partial charge on any atom is -0.462 e. The van der Waals surface area contributed by atoms with Crippen molar-refractivity contribution in [2.75, 3.05) is 17.2 Å². The first kappa shape index (κ1) is 22.5. The van der Waals surface area contributed by atoms with Crippen molar-refractivity contribution in [3.63, 3.8) is 0 Å². The summed E-state index contributed by atoms with van der Waals surface area (Å²) in [6, 6.07) is 9.98. The number of aromatic nitrogens is 2. The molecule has 4 rings (SSSR count). The van der Waals surface area contributed by atoms with Crippen LogP contribution in [0.4, 0.5) is 10.7 Å². The fourth-order valence-corrected chi connectivity index (χ4v) is 5.59. The van der Waals surface area contributed by atoms with Crippen LogP contribution in [0.1, 0.15) is 59.0 Å². The molecule has 0 amide bonds. The largest absolute Gasteiger partial charge is 0.462 e. The second-order valence-electron chi connectivity index (χ2n) is 7.83. The van der Waals surface area contributed by atoms with Gasteiger partial charge in [0.25, 0.3) is 0 Å². The number of nitrogens with zero attached hydrogens (tertiary/aromatic N) is 2. The molecule has 1 aliphatic carbocycles. The van der Waals surface area contributed by atoms with E-state index in [0.717, 1.165) is 47.5 Å². The van der Waals surface area contributed by atoms with E-state index >= 15 is 0 Å². The Morgan fingerprint density at radius 1 is 1.19 bits per heavy atom. The molecule has 168 valence electrons. The fraction of sp³-hybridized carbons (Fsp3) is 0.375. The summed E-state index contributed by atoms with van der Waals surface area (Å²) >= 11 is 7.23. The summed E-state index contributed by atoms with van der Waals surface area (Å²) in [4.78, 5) is 14.1. The van der Waals surface area contributed by atoms with E-state index in [0.29, 0.717) is 23.8 Å². The summed E-state index contributed by atoms with van der Waals surface area (Å²) in [6.07, 6.45) is 10.3. The van der Waals surface area contributed by atoms with Gasteiger partial charge >= 0.3 is 5.97 Å². The Bertz CT molecular complexity index is 1080. The molecule has 3 aromatic rings. The van der Waals surface area contributed by atoms with Crippen LogP contribution in [-0.4, -0.2) is 27.5 Å². The maximum atomic E-state index is 12.8. The van der Waals surface area contributed by atoms with Gasteiger partial charge in [-0.05, 0) is 74.2 Å². The number of carbonyl (C=O) groups is 1. The summed E-state index contributed by atoms with van der Waals surface area (Å²) in [5, 5.41) is 12.0. The van der Waals surface area contributed by atoms with Crippen LogP contribution in [0.15, 0.2) is 42.7 Å². The molecule has 0 fully saturated rings. The molecule has 8 heteroatoms. The highest BCUT2D eigenvalue weighted by molar-refractivity contribution is 7.80. The minimum absolute atomic E-state index is 0.267. The Morgan fingerprint density at radius 2 is 2.03 bits per heavy atom. The van der Waals surface area contributed by atoms with Gasteiger partial charge in [0.2, 0.25) is 0 Å². The lowest BCUT2D eigenvalue weighted by Gasteiger charge is -2.13. The van der Waals surface area contributed by atoms with Gasteiger partial charge in [0.1, 0.15) is 5.00 Å². The van der Waals surface area contributed by atoms with Crippen molar-refractivity contribution in [3.05, 3.63) is 64.3 Å². The number of thiophene rings is 1. The van der Waals surface area contributed by atoms with Crippen molar-refractivity contribution >= 4 is 45.3 Å². The monoisotopic (exact) mass is 468 g/mol. The third-order valence-electron chi connectivity index (χ3n) is 5.47. The summed E-state index contributed by atoms with van der Waals surface area (Å²) in [6.45, 7) is 2.88. The van der Waals surface area contributed by atoms with Gasteiger partial charge in [-0.1, -0.05) is 25.0 Å². The first-order valence-electron chi connectivity index (χ1n) is 11.1. The van der Waals surface area contributed by atoms with Crippen LogP contribution >= 0.6 is 23.6 Å². The van der Waals surface area contributed by atoms with E-state index in [4.69, 9.17) is 17.0 Å². The molecule has 0 unspecified atom stereocenters. The maximum Gasteiger partial charge on any atom is 0.341 e. The summed E-state index contributed by atoms with van der Waals surface area (Å²) in [7, 11) is 0. The highest BCUT2D eigenvalue weighted by atomic mass is 32.1. The molecule has 2 heterocycles. The molecule has 0 spiro atoms. The highest BCUT2D eigenvalue weighted by Crippen LogP contribution is 2.37. The van der Waals surface area contributed by atoms with Crippen molar-refractivity contribution in [3.8, 4) is 0 Å². The van der Waals surface area contributed by atoms with Crippen LogP contribution in [0.2, 0.25) is 0 Å².